The van der Waals surface area contributed by atoms with Crippen molar-refractivity contribution in [3.63, 3.8) is 0 Å². The third kappa shape index (κ3) is 0.706. The summed E-state index contributed by atoms with van der Waals surface area (Å²) in [5, 5.41) is 2.85. The van der Waals surface area contributed by atoms with Gasteiger partial charge in [-0.25, -0.2) is 8.42 Å². The fraction of sp³-hybridized carbons (Fsp3) is 0.200. The number of hydrazine groups is 1. The lowest BCUT2D eigenvalue weighted by atomic mass is 10.5. The second-order valence-electron chi connectivity index (χ2n) is 2.23. The first-order chi connectivity index (χ1) is 4.67. The van der Waals surface area contributed by atoms with Gasteiger partial charge < -0.3 is 5.43 Å². The highest BCUT2D eigenvalue weighted by Gasteiger charge is 2.26. The van der Waals surface area contributed by atoms with Crippen molar-refractivity contribution in [2.24, 2.45) is 0 Å². The highest BCUT2D eigenvalue weighted by Crippen LogP contribution is 2.19. The highest BCUT2D eigenvalue weighted by molar-refractivity contribution is 7.94. The first-order valence-electron chi connectivity index (χ1n) is 2.82. The Morgan fingerprint density at radius 1 is 1.60 bits per heavy atom. The number of nitrogens with one attached hydrogen (secondary N) is 1. The van der Waals surface area contributed by atoms with Crippen molar-refractivity contribution in [1.29, 1.82) is 0 Å². The lowest BCUT2D eigenvalue weighted by molar-refractivity contribution is 0.370. The van der Waals surface area contributed by atoms with Crippen LogP contribution in [0.1, 0.15) is 0 Å². The molecule has 2 aliphatic rings. The molecule has 0 bridgehead atoms. The summed E-state index contributed by atoms with van der Waals surface area (Å²) in [6.07, 6.45) is 3.44. The number of hydrogen-bond acceptors (Lipinski definition) is 4. The molecule has 0 saturated heterocycles. The van der Waals surface area contributed by atoms with E-state index in [4.69, 9.17) is 0 Å². The third-order valence-electron chi connectivity index (χ3n) is 1.41. The van der Waals surface area contributed by atoms with E-state index < -0.39 is 9.84 Å². The molecule has 0 unspecified atom stereocenters. The summed E-state index contributed by atoms with van der Waals surface area (Å²) in [5.41, 5.74) is 3.50. The Morgan fingerprint density at radius 2 is 2.40 bits per heavy atom. The summed E-state index contributed by atoms with van der Waals surface area (Å²) < 4.78 is 21.7. The largest absolute Gasteiger partial charge is 0.305 e. The Labute approximate surface area is 58.7 Å². The quantitative estimate of drug-likeness (QED) is 0.518. The molecule has 0 fully saturated rings. The first kappa shape index (κ1) is 5.79. The predicted molar refractivity (Wildman–Crippen MR) is 36.0 cm³/mol. The van der Waals surface area contributed by atoms with E-state index in [2.05, 4.69) is 5.43 Å². The summed E-state index contributed by atoms with van der Waals surface area (Å²) in [7, 11) is -2.96. The van der Waals surface area contributed by atoms with Gasteiger partial charge in [0.2, 0.25) is 0 Å². The topological polar surface area (TPSA) is 49.4 Å². The van der Waals surface area contributed by atoms with E-state index in [0.717, 1.165) is 5.70 Å². The van der Waals surface area contributed by atoms with Crippen LogP contribution in [0.5, 0.6) is 0 Å². The van der Waals surface area contributed by atoms with Crippen molar-refractivity contribution in [3.8, 4) is 0 Å². The molecular formula is C5H6N2O2S. The lowest BCUT2D eigenvalue weighted by Crippen LogP contribution is -2.28. The van der Waals surface area contributed by atoms with Crippen molar-refractivity contribution >= 4 is 9.84 Å². The van der Waals surface area contributed by atoms with Crippen molar-refractivity contribution < 1.29 is 8.42 Å². The Hall–Kier alpha value is -0.970. The van der Waals surface area contributed by atoms with Crippen molar-refractivity contribution in [2.45, 2.75) is 0 Å². The molecule has 54 valence electrons. The number of fused-ring (bicyclic) bond motifs is 1. The van der Waals surface area contributed by atoms with Crippen LogP contribution < -0.4 is 5.43 Å². The second-order valence-corrected chi connectivity index (χ2v) is 4.04. The molecule has 5 heteroatoms. The maximum absolute atomic E-state index is 10.9. The maximum Gasteiger partial charge on any atom is 0.193 e. The van der Waals surface area contributed by atoms with Crippen LogP contribution in [-0.2, 0) is 9.84 Å². The molecule has 0 amide bonds. The van der Waals surface area contributed by atoms with Gasteiger partial charge in [0.25, 0.3) is 0 Å². The van der Waals surface area contributed by atoms with Gasteiger partial charge in [0.15, 0.2) is 9.84 Å². The van der Waals surface area contributed by atoms with Gasteiger partial charge in [-0.1, -0.05) is 0 Å². The number of rotatable bonds is 0. The van der Waals surface area contributed by atoms with E-state index >= 15 is 0 Å². The van der Waals surface area contributed by atoms with Gasteiger partial charge in [-0.15, -0.1) is 0 Å². The minimum Gasteiger partial charge on any atom is -0.305 e. The molecule has 0 aliphatic carbocycles. The molecule has 1 N–H and O–H groups in total. The van der Waals surface area contributed by atoms with Crippen LogP contribution >= 0.6 is 0 Å². The van der Waals surface area contributed by atoms with Gasteiger partial charge in [-0.05, 0) is 6.08 Å². The average Bonchev–Trinajstić information content (AvgIpc) is 2.20. The molecule has 0 aromatic carbocycles. The van der Waals surface area contributed by atoms with Gasteiger partial charge in [0.1, 0.15) is 5.88 Å². The van der Waals surface area contributed by atoms with E-state index in [-0.39, 0.29) is 5.88 Å². The number of nitrogens with zero attached hydrogens (tertiary/aromatic N) is 1. The van der Waals surface area contributed by atoms with Crippen LogP contribution in [0.25, 0.3) is 0 Å². The number of allylic oxidation sites excluding steroid dienone is 1. The smallest absolute Gasteiger partial charge is 0.193 e. The Morgan fingerprint density at radius 3 is 3.10 bits per heavy atom. The van der Waals surface area contributed by atoms with E-state index in [1.54, 1.807) is 17.3 Å². The van der Waals surface area contributed by atoms with Crippen LogP contribution in [0, 0.1) is 0 Å². The van der Waals surface area contributed by atoms with Crippen LogP contribution in [0.15, 0.2) is 23.4 Å². The maximum atomic E-state index is 10.9. The van der Waals surface area contributed by atoms with E-state index in [1.807, 2.05) is 0 Å². The fourth-order valence-corrected chi connectivity index (χ4v) is 2.22. The Kier molecular flexibility index (Phi) is 0.894. The van der Waals surface area contributed by atoms with Crippen LogP contribution in [0.2, 0.25) is 0 Å². The number of hydrogen-bond donors (Lipinski definition) is 1. The zero-order chi connectivity index (χ0) is 7.19. The SMILES string of the molecule is O=S1(=O)C=C2C=CNN2C1. The molecule has 0 spiro atoms. The van der Waals surface area contributed by atoms with Crippen molar-refractivity contribution in [2.75, 3.05) is 5.88 Å². The van der Waals surface area contributed by atoms with E-state index in [1.165, 1.54) is 5.41 Å². The Bertz CT molecular complexity index is 315. The summed E-state index contributed by atoms with van der Waals surface area (Å²) >= 11 is 0. The monoisotopic (exact) mass is 158 g/mol. The van der Waals surface area contributed by atoms with Gasteiger partial charge in [-0.2, -0.15) is 0 Å². The molecule has 10 heavy (non-hydrogen) atoms. The molecule has 4 nitrogen and oxygen atoms in total. The lowest BCUT2D eigenvalue weighted by Gasteiger charge is -2.11. The van der Waals surface area contributed by atoms with Gasteiger partial charge >= 0.3 is 0 Å². The molecule has 2 aliphatic heterocycles. The summed E-state index contributed by atoms with van der Waals surface area (Å²) in [5.74, 6) is 0.0509. The second kappa shape index (κ2) is 1.54. The predicted octanol–water partition coefficient (Wildman–Crippen LogP) is -0.452. The fourth-order valence-electron chi connectivity index (χ4n) is 0.993. The standard InChI is InChI=1S/C5H6N2O2S/c8-10(9)3-5-1-2-6-7(5)4-10/h1-3,6H,4H2. The van der Waals surface area contributed by atoms with Gasteiger partial charge in [0, 0.05) is 6.20 Å². The zero-order valence-electron chi connectivity index (χ0n) is 5.11. The molecule has 0 radical (unpaired) electrons. The van der Waals surface area contributed by atoms with E-state index in [9.17, 15) is 8.42 Å². The summed E-state index contributed by atoms with van der Waals surface area (Å²) in [4.78, 5) is 0. The van der Waals surface area contributed by atoms with Crippen LogP contribution in [0.3, 0.4) is 0 Å². The zero-order valence-corrected chi connectivity index (χ0v) is 5.93. The molecule has 0 aromatic rings. The van der Waals surface area contributed by atoms with E-state index in [0.29, 0.717) is 0 Å². The molecular weight excluding hydrogens is 152 g/mol. The molecule has 0 atom stereocenters. The first-order valence-corrected chi connectivity index (χ1v) is 4.54. The van der Waals surface area contributed by atoms with Gasteiger partial charge in [0.05, 0.1) is 11.1 Å². The Balaban J connectivity index is 2.48. The average molecular weight is 158 g/mol. The molecule has 2 rings (SSSR count). The third-order valence-corrected chi connectivity index (χ3v) is 2.62. The summed E-state index contributed by atoms with van der Waals surface area (Å²) in [6, 6.07) is 0. The molecule has 0 aromatic heterocycles. The van der Waals surface area contributed by atoms with Crippen molar-refractivity contribution in [3.05, 3.63) is 23.4 Å². The normalized spacial score (nSPS) is 26.0. The highest BCUT2D eigenvalue weighted by atomic mass is 32.2. The van der Waals surface area contributed by atoms with Crippen LogP contribution in [-0.4, -0.2) is 19.3 Å². The molecule has 0 saturated carbocycles. The minimum absolute atomic E-state index is 0.0509. The van der Waals surface area contributed by atoms with Gasteiger partial charge in [-0.3, -0.25) is 5.01 Å². The molecule has 2 heterocycles. The van der Waals surface area contributed by atoms with Crippen LogP contribution in [0.4, 0.5) is 0 Å². The summed E-state index contributed by atoms with van der Waals surface area (Å²) in [6.45, 7) is 0. The number of sulfone groups is 1. The minimum atomic E-state index is -2.96. The van der Waals surface area contributed by atoms with Crippen molar-refractivity contribution in [1.82, 2.24) is 10.4 Å².